The lowest BCUT2D eigenvalue weighted by Crippen LogP contribution is -2.37. The summed E-state index contributed by atoms with van der Waals surface area (Å²) >= 11 is 5.88. The van der Waals surface area contributed by atoms with Crippen molar-refractivity contribution < 1.29 is 4.39 Å². The predicted octanol–water partition coefficient (Wildman–Crippen LogP) is 4.73. The number of rotatable bonds is 5. The van der Waals surface area contributed by atoms with Gasteiger partial charge in [-0.15, -0.1) is 0 Å². The molecule has 0 saturated carbocycles. The quantitative estimate of drug-likeness (QED) is 0.650. The topological polar surface area (TPSA) is 44.0 Å². The Morgan fingerprint density at radius 2 is 2.04 bits per heavy atom. The van der Waals surface area contributed by atoms with Crippen LogP contribution in [0.5, 0.6) is 0 Å². The van der Waals surface area contributed by atoms with E-state index in [0.717, 1.165) is 42.8 Å². The average molecular weight is 401 g/mol. The summed E-state index contributed by atoms with van der Waals surface area (Å²) in [6, 6.07) is 9.13. The normalized spacial score (nSPS) is 16.1. The molecule has 2 heterocycles. The number of aromatic nitrogens is 2. The van der Waals surface area contributed by atoms with Gasteiger partial charge in [0.25, 0.3) is 0 Å². The lowest BCUT2D eigenvalue weighted by atomic mass is 9.88. The molecule has 0 radical (unpaired) electrons. The van der Waals surface area contributed by atoms with Crippen LogP contribution in [0.4, 0.5) is 4.39 Å². The summed E-state index contributed by atoms with van der Waals surface area (Å²) in [5.74, 6) is 0.748. The van der Waals surface area contributed by atoms with Crippen molar-refractivity contribution in [2.45, 2.75) is 25.7 Å². The summed E-state index contributed by atoms with van der Waals surface area (Å²) in [5, 5.41) is 3.61. The summed E-state index contributed by atoms with van der Waals surface area (Å²) in [6.45, 7) is 6.49. The molecule has 0 amide bonds. The Morgan fingerprint density at radius 1 is 1.25 bits per heavy atom. The van der Waals surface area contributed by atoms with Crippen molar-refractivity contribution in [2.75, 3.05) is 33.2 Å². The summed E-state index contributed by atoms with van der Waals surface area (Å²) < 4.78 is 14.3. The molecule has 1 aliphatic rings. The molecule has 1 aliphatic heterocycles. The van der Waals surface area contributed by atoms with Gasteiger partial charge in [-0.25, -0.2) is 9.37 Å². The van der Waals surface area contributed by atoms with Crippen molar-refractivity contribution >= 4 is 22.6 Å². The van der Waals surface area contributed by atoms with Crippen LogP contribution in [0.1, 0.15) is 29.9 Å². The Morgan fingerprint density at radius 3 is 2.75 bits per heavy atom. The van der Waals surface area contributed by atoms with Gasteiger partial charge in [0.2, 0.25) is 0 Å². The van der Waals surface area contributed by atoms with E-state index in [9.17, 15) is 4.39 Å². The van der Waals surface area contributed by atoms with Gasteiger partial charge in [-0.2, -0.15) is 0 Å². The number of nitrogens with one attached hydrogen (secondary N) is 2. The van der Waals surface area contributed by atoms with E-state index < -0.39 is 0 Å². The predicted molar refractivity (Wildman–Crippen MR) is 114 cm³/mol. The first-order valence-corrected chi connectivity index (χ1v) is 10.3. The maximum absolute atomic E-state index is 14.3. The molecule has 3 aromatic rings. The van der Waals surface area contributed by atoms with Gasteiger partial charge in [-0.05, 0) is 81.2 Å². The number of aryl methyl sites for hydroxylation is 1. The number of aromatic amines is 1. The summed E-state index contributed by atoms with van der Waals surface area (Å²) in [7, 11) is 2.00. The summed E-state index contributed by atoms with van der Waals surface area (Å²) in [4.78, 5) is 10.5. The highest BCUT2D eigenvalue weighted by Gasteiger charge is 2.22. The second-order valence-corrected chi connectivity index (χ2v) is 8.10. The Hall–Kier alpha value is -1.95. The molecule has 0 bridgehead atoms. The zero-order valence-electron chi connectivity index (χ0n) is 16.4. The highest BCUT2D eigenvalue weighted by Crippen LogP contribution is 2.33. The maximum atomic E-state index is 14.3. The molecule has 2 N–H and O–H groups in total. The van der Waals surface area contributed by atoms with Crippen LogP contribution in [-0.2, 0) is 0 Å². The smallest absolute Gasteiger partial charge is 0.141 e. The van der Waals surface area contributed by atoms with Crippen LogP contribution < -0.4 is 5.32 Å². The van der Waals surface area contributed by atoms with E-state index in [4.69, 9.17) is 11.6 Å². The highest BCUT2D eigenvalue weighted by molar-refractivity contribution is 6.30. The average Bonchev–Trinajstić information content (AvgIpc) is 3.11. The number of benzene rings is 2. The lowest BCUT2D eigenvalue weighted by molar-refractivity contribution is 0.214. The Kier molecular flexibility index (Phi) is 5.67. The molecule has 0 aliphatic carbocycles. The van der Waals surface area contributed by atoms with Gasteiger partial charge in [0, 0.05) is 18.1 Å². The molecule has 28 heavy (non-hydrogen) atoms. The number of likely N-dealkylation sites (tertiary alicyclic amines) is 1. The highest BCUT2D eigenvalue weighted by atomic mass is 35.5. The van der Waals surface area contributed by atoms with Crippen molar-refractivity contribution in [1.29, 1.82) is 0 Å². The van der Waals surface area contributed by atoms with Gasteiger partial charge in [0.05, 0.1) is 16.6 Å². The largest absolute Gasteiger partial charge is 0.338 e. The van der Waals surface area contributed by atoms with Crippen molar-refractivity contribution in [1.82, 2.24) is 20.2 Å². The van der Waals surface area contributed by atoms with Crippen LogP contribution in [0.25, 0.3) is 22.4 Å². The Bertz CT molecular complexity index is 976. The van der Waals surface area contributed by atoms with E-state index in [1.54, 1.807) is 12.1 Å². The van der Waals surface area contributed by atoms with E-state index in [2.05, 4.69) is 39.2 Å². The van der Waals surface area contributed by atoms with Gasteiger partial charge >= 0.3 is 0 Å². The van der Waals surface area contributed by atoms with Crippen molar-refractivity contribution in [3.63, 3.8) is 0 Å². The minimum Gasteiger partial charge on any atom is -0.338 e. The molecule has 1 aromatic heterocycles. The third-order valence-corrected chi connectivity index (χ3v) is 5.96. The number of hydrogen-bond donors (Lipinski definition) is 2. The van der Waals surface area contributed by atoms with Crippen LogP contribution in [0.15, 0.2) is 30.3 Å². The molecule has 2 aromatic carbocycles. The summed E-state index contributed by atoms with van der Waals surface area (Å²) in [5.41, 5.74) is 4.79. The van der Waals surface area contributed by atoms with E-state index in [-0.39, 0.29) is 5.82 Å². The zero-order valence-corrected chi connectivity index (χ0v) is 17.1. The molecule has 0 spiro atoms. The first-order chi connectivity index (χ1) is 13.5. The monoisotopic (exact) mass is 400 g/mol. The molecule has 1 fully saturated rings. The third-order valence-electron chi connectivity index (χ3n) is 5.72. The van der Waals surface area contributed by atoms with Gasteiger partial charge < -0.3 is 15.2 Å². The number of imidazole rings is 1. The molecule has 1 saturated heterocycles. The molecule has 0 atom stereocenters. The van der Waals surface area contributed by atoms with Crippen LogP contribution in [0, 0.1) is 12.7 Å². The number of nitrogens with zero attached hydrogens (tertiary/aromatic N) is 2. The number of likely N-dealkylation sites (N-methyl/N-ethyl adjacent to an activating group) is 1. The van der Waals surface area contributed by atoms with E-state index in [1.807, 2.05) is 7.05 Å². The SMILES string of the molecule is CNCCN1CCC(c2cc(C)c3nc(-c4ccc(Cl)cc4F)[nH]c3c2)CC1. The molecule has 148 valence electrons. The van der Waals surface area contributed by atoms with Gasteiger partial charge in [0.1, 0.15) is 11.6 Å². The Labute approximate surface area is 170 Å². The molecule has 0 unspecified atom stereocenters. The van der Waals surface area contributed by atoms with Crippen LogP contribution >= 0.6 is 11.6 Å². The second-order valence-electron chi connectivity index (χ2n) is 7.66. The Balaban J connectivity index is 1.59. The second kappa shape index (κ2) is 8.19. The summed E-state index contributed by atoms with van der Waals surface area (Å²) in [6.07, 6.45) is 2.34. The van der Waals surface area contributed by atoms with Crippen molar-refractivity contribution in [3.05, 3.63) is 52.3 Å². The first kappa shape index (κ1) is 19.4. The number of piperidine rings is 1. The fourth-order valence-electron chi connectivity index (χ4n) is 4.12. The van der Waals surface area contributed by atoms with Crippen molar-refractivity contribution in [2.24, 2.45) is 0 Å². The lowest BCUT2D eigenvalue weighted by Gasteiger charge is -2.32. The van der Waals surface area contributed by atoms with E-state index in [1.165, 1.54) is 24.5 Å². The first-order valence-electron chi connectivity index (χ1n) is 9.88. The van der Waals surface area contributed by atoms with E-state index in [0.29, 0.717) is 22.3 Å². The maximum Gasteiger partial charge on any atom is 0.141 e. The van der Waals surface area contributed by atoms with Gasteiger partial charge in [-0.1, -0.05) is 17.7 Å². The minimum atomic E-state index is -0.363. The molecular formula is C22H26ClFN4. The van der Waals surface area contributed by atoms with Crippen molar-refractivity contribution in [3.8, 4) is 11.4 Å². The zero-order chi connectivity index (χ0) is 19.7. The molecular weight excluding hydrogens is 375 g/mol. The standard InChI is InChI=1S/C22H26ClFN4/c1-14-11-16(15-5-8-28(9-6-15)10-7-25-2)12-20-21(14)27-22(26-20)18-4-3-17(23)13-19(18)24/h3-4,11-13,15,25H,5-10H2,1-2H3,(H,26,27). The van der Waals surface area contributed by atoms with E-state index >= 15 is 0 Å². The van der Waals surface area contributed by atoms with Crippen LogP contribution in [0.3, 0.4) is 0 Å². The van der Waals surface area contributed by atoms with Gasteiger partial charge in [0.15, 0.2) is 0 Å². The minimum absolute atomic E-state index is 0.363. The van der Waals surface area contributed by atoms with Gasteiger partial charge in [-0.3, -0.25) is 0 Å². The molecule has 4 nitrogen and oxygen atoms in total. The van der Waals surface area contributed by atoms with Crippen LogP contribution in [0.2, 0.25) is 5.02 Å². The fourth-order valence-corrected chi connectivity index (χ4v) is 4.28. The number of H-pyrrole nitrogens is 1. The molecule has 4 rings (SSSR count). The number of hydrogen-bond acceptors (Lipinski definition) is 3. The molecule has 6 heteroatoms. The van der Waals surface area contributed by atoms with Crippen LogP contribution in [-0.4, -0.2) is 48.1 Å². The third kappa shape index (κ3) is 3.93. The number of halogens is 2. The fraction of sp³-hybridized carbons (Fsp3) is 0.409. The number of fused-ring (bicyclic) bond motifs is 1.